The minimum absolute atomic E-state index is 0.111. The standard InChI is InChI=1S/C19H18BrNO3S/c20-15-4-1-13(2-5-15)19(22)21-8-7-18(25-10-9-21)14-3-6-16-17(11-14)24-12-23-16/h1-6,11,18H,7-10,12H2. The molecule has 1 saturated heterocycles. The summed E-state index contributed by atoms with van der Waals surface area (Å²) in [6.07, 6.45) is 0.937. The van der Waals surface area contributed by atoms with Crippen LogP contribution in [0.1, 0.15) is 27.6 Å². The Kier molecular flexibility index (Phi) is 4.90. The number of rotatable bonds is 2. The lowest BCUT2D eigenvalue weighted by molar-refractivity contribution is 0.0766. The average molecular weight is 420 g/mol. The molecule has 2 aromatic carbocycles. The molecule has 2 heterocycles. The largest absolute Gasteiger partial charge is 0.454 e. The summed E-state index contributed by atoms with van der Waals surface area (Å²) >= 11 is 5.31. The Balaban J connectivity index is 1.45. The van der Waals surface area contributed by atoms with E-state index in [0.29, 0.717) is 12.0 Å². The van der Waals surface area contributed by atoms with Gasteiger partial charge in [0.1, 0.15) is 0 Å². The van der Waals surface area contributed by atoms with Gasteiger partial charge in [0, 0.05) is 34.1 Å². The predicted molar refractivity (Wildman–Crippen MR) is 102 cm³/mol. The number of ether oxygens (including phenoxy) is 2. The third kappa shape index (κ3) is 3.65. The second-order valence-electron chi connectivity index (χ2n) is 6.06. The maximum Gasteiger partial charge on any atom is 0.253 e. The molecule has 6 heteroatoms. The van der Waals surface area contributed by atoms with Crippen LogP contribution in [0.15, 0.2) is 46.9 Å². The van der Waals surface area contributed by atoms with Crippen LogP contribution in [0.25, 0.3) is 0 Å². The fourth-order valence-electron chi connectivity index (χ4n) is 3.13. The molecule has 25 heavy (non-hydrogen) atoms. The Morgan fingerprint density at radius 1 is 1.08 bits per heavy atom. The molecule has 4 nitrogen and oxygen atoms in total. The number of halogens is 1. The first-order valence-corrected chi connectivity index (χ1v) is 10.1. The maximum absolute atomic E-state index is 12.7. The summed E-state index contributed by atoms with van der Waals surface area (Å²) in [4.78, 5) is 14.7. The van der Waals surface area contributed by atoms with E-state index in [1.807, 2.05) is 47.0 Å². The van der Waals surface area contributed by atoms with Gasteiger partial charge in [-0.25, -0.2) is 0 Å². The van der Waals surface area contributed by atoms with E-state index in [1.165, 1.54) is 5.56 Å². The van der Waals surface area contributed by atoms with E-state index in [4.69, 9.17) is 9.47 Å². The van der Waals surface area contributed by atoms with Gasteiger partial charge in [-0.3, -0.25) is 4.79 Å². The summed E-state index contributed by atoms with van der Waals surface area (Å²) in [5.74, 6) is 2.68. The molecule has 2 aliphatic rings. The normalized spacial score (nSPS) is 19.6. The summed E-state index contributed by atoms with van der Waals surface area (Å²) in [7, 11) is 0. The third-order valence-electron chi connectivity index (χ3n) is 4.49. The van der Waals surface area contributed by atoms with Crippen LogP contribution in [0.5, 0.6) is 11.5 Å². The van der Waals surface area contributed by atoms with Crippen molar-refractivity contribution in [2.24, 2.45) is 0 Å². The van der Waals surface area contributed by atoms with E-state index in [1.54, 1.807) is 0 Å². The summed E-state index contributed by atoms with van der Waals surface area (Å²) in [6.45, 7) is 1.84. The first-order chi connectivity index (χ1) is 12.2. The van der Waals surface area contributed by atoms with Crippen LogP contribution in [0.3, 0.4) is 0 Å². The lowest BCUT2D eigenvalue weighted by Crippen LogP contribution is -2.32. The van der Waals surface area contributed by atoms with E-state index in [2.05, 4.69) is 28.1 Å². The van der Waals surface area contributed by atoms with Gasteiger partial charge in [-0.15, -0.1) is 0 Å². The number of benzene rings is 2. The molecule has 130 valence electrons. The number of carbonyl (C=O) groups is 1. The predicted octanol–water partition coefficient (Wildman–Crippen LogP) is 4.50. The molecule has 1 atom stereocenters. The van der Waals surface area contributed by atoms with Crippen molar-refractivity contribution in [3.63, 3.8) is 0 Å². The molecule has 0 bridgehead atoms. The quantitative estimate of drug-likeness (QED) is 0.718. The van der Waals surface area contributed by atoms with Crippen molar-refractivity contribution >= 4 is 33.6 Å². The van der Waals surface area contributed by atoms with E-state index < -0.39 is 0 Å². The molecule has 1 unspecified atom stereocenters. The minimum atomic E-state index is 0.111. The van der Waals surface area contributed by atoms with Crippen LogP contribution in [0.4, 0.5) is 0 Å². The Labute approximate surface area is 159 Å². The van der Waals surface area contributed by atoms with Gasteiger partial charge in [-0.1, -0.05) is 22.0 Å². The molecule has 4 rings (SSSR count). The topological polar surface area (TPSA) is 38.8 Å². The van der Waals surface area contributed by atoms with E-state index in [0.717, 1.165) is 46.8 Å². The summed E-state index contributed by atoms with van der Waals surface area (Å²) in [5, 5.41) is 0.372. The number of amides is 1. The van der Waals surface area contributed by atoms with Crippen LogP contribution >= 0.6 is 27.7 Å². The number of fused-ring (bicyclic) bond motifs is 1. The van der Waals surface area contributed by atoms with Crippen molar-refractivity contribution in [1.82, 2.24) is 4.90 Å². The molecule has 0 radical (unpaired) electrons. The Morgan fingerprint density at radius 2 is 1.88 bits per heavy atom. The Morgan fingerprint density at radius 3 is 2.72 bits per heavy atom. The van der Waals surface area contributed by atoms with Crippen molar-refractivity contribution in [2.75, 3.05) is 25.6 Å². The van der Waals surface area contributed by atoms with E-state index >= 15 is 0 Å². The first kappa shape index (κ1) is 16.8. The fourth-order valence-corrected chi connectivity index (χ4v) is 4.61. The van der Waals surface area contributed by atoms with Gasteiger partial charge in [0.2, 0.25) is 6.79 Å². The fraction of sp³-hybridized carbons (Fsp3) is 0.316. The highest BCUT2D eigenvalue weighted by Crippen LogP contribution is 2.40. The highest BCUT2D eigenvalue weighted by molar-refractivity contribution is 9.10. The smallest absolute Gasteiger partial charge is 0.253 e. The molecular weight excluding hydrogens is 402 g/mol. The van der Waals surface area contributed by atoms with Gasteiger partial charge in [0.25, 0.3) is 5.91 Å². The zero-order chi connectivity index (χ0) is 17.2. The zero-order valence-corrected chi connectivity index (χ0v) is 16.0. The molecule has 0 spiro atoms. The number of hydrogen-bond acceptors (Lipinski definition) is 4. The molecule has 1 fully saturated rings. The minimum Gasteiger partial charge on any atom is -0.454 e. The van der Waals surface area contributed by atoms with Crippen molar-refractivity contribution < 1.29 is 14.3 Å². The zero-order valence-electron chi connectivity index (χ0n) is 13.6. The van der Waals surface area contributed by atoms with Crippen LogP contribution in [0.2, 0.25) is 0 Å². The second kappa shape index (κ2) is 7.30. The second-order valence-corrected chi connectivity index (χ2v) is 8.29. The third-order valence-corrected chi connectivity index (χ3v) is 6.35. The van der Waals surface area contributed by atoms with Gasteiger partial charge in [-0.05, 0) is 48.4 Å². The van der Waals surface area contributed by atoms with Gasteiger partial charge >= 0.3 is 0 Å². The average Bonchev–Trinajstić information content (AvgIpc) is 2.96. The van der Waals surface area contributed by atoms with Crippen LogP contribution < -0.4 is 9.47 Å². The molecule has 0 aromatic heterocycles. The molecule has 2 aromatic rings. The van der Waals surface area contributed by atoms with Gasteiger partial charge < -0.3 is 14.4 Å². The number of thioether (sulfide) groups is 1. The van der Waals surface area contributed by atoms with Crippen molar-refractivity contribution in [2.45, 2.75) is 11.7 Å². The van der Waals surface area contributed by atoms with Crippen LogP contribution in [0, 0.1) is 0 Å². The lowest BCUT2D eigenvalue weighted by Gasteiger charge is -2.20. The molecule has 0 aliphatic carbocycles. The summed E-state index contributed by atoms with van der Waals surface area (Å²) in [6, 6.07) is 13.7. The van der Waals surface area contributed by atoms with Crippen LogP contribution in [-0.4, -0.2) is 36.4 Å². The highest BCUT2D eigenvalue weighted by Gasteiger charge is 2.24. The SMILES string of the molecule is O=C(c1ccc(Br)cc1)N1CCSC(c2ccc3c(c2)OCO3)CC1. The molecule has 2 aliphatic heterocycles. The molecular formula is C19H18BrNO3S. The molecule has 0 N–H and O–H groups in total. The van der Waals surface area contributed by atoms with Crippen molar-refractivity contribution in [3.05, 3.63) is 58.1 Å². The van der Waals surface area contributed by atoms with E-state index in [-0.39, 0.29) is 5.91 Å². The van der Waals surface area contributed by atoms with Gasteiger partial charge in [0.15, 0.2) is 11.5 Å². The Bertz CT molecular complexity index is 781. The highest BCUT2D eigenvalue weighted by atomic mass is 79.9. The summed E-state index contributed by atoms with van der Waals surface area (Å²) < 4.78 is 11.9. The maximum atomic E-state index is 12.7. The monoisotopic (exact) mass is 419 g/mol. The van der Waals surface area contributed by atoms with Crippen molar-refractivity contribution in [1.29, 1.82) is 0 Å². The lowest BCUT2D eigenvalue weighted by atomic mass is 10.1. The van der Waals surface area contributed by atoms with Crippen LogP contribution in [-0.2, 0) is 0 Å². The number of carbonyl (C=O) groups excluding carboxylic acids is 1. The number of nitrogens with zero attached hydrogens (tertiary/aromatic N) is 1. The molecule has 0 saturated carbocycles. The Hall–Kier alpha value is -1.66. The molecule has 1 amide bonds. The van der Waals surface area contributed by atoms with Crippen molar-refractivity contribution in [3.8, 4) is 11.5 Å². The summed E-state index contributed by atoms with van der Waals surface area (Å²) in [5.41, 5.74) is 1.99. The number of hydrogen-bond donors (Lipinski definition) is 0. The van der Waals surface area contributed by atoms with Gasteiger partial charge in [-0.2, -0.15) is 11.8 Å². The van der Waals surface area contributed by atoms with E-state index in [9.17, 15) is 4.79 Å². The van der Waals surface area contributed by atoms with Gasteiger partial charge in [0.05, 0.1) is 0 Å². The first-order valence-electron chi connectivity index (χ1n) is 8.27.